The van der Waals surface area contributed by atoms with Crippen LogP contribution in [0.4, 0.5) is 5.69 Å². The fraction of sp³-hybridized carbons (Fsp3) is 0.333. The molecule has 0 unspecified atom stereocenters. The van der Waals surface area contributed by atoms with Crippen molar-refractivity contribution in [2.24, 2.45) is 0 Å². The first-order valence-electron chi connectivity index (χ1n) is 8.21. The number of para-hydroxylation sites is 1. The van der Waals surface area contributed by atoms with Gasteiger partial charge in [-0.15, -0.1) is 0 Å². The number of hydrogen-bond donors (Lipinski definition) is 0. The van der Waals surface area contributed by atoms with Gasteiger partial charge in [-0.2, -0.15) is 0 Å². The number of hydrogen-bond acceptors (Lipinski definition) is 4. The van der Waals surface area contributed by atoms with Gasteiger partial charge in [0.1, 0.15) is 16.4 Å². The van der Waals surface area contributed by atoms with E-state index in [1.54, 1.807) is 0 Å². The molecule has 0 radical (unpaired) electrons. The third-order valence-electron chi connectivity index (χ3n) is 4.99. The van der Waals surface area contributed by atoms with Crippen molar-refractivity contribution in [2.45, 2.75) is 24.2 Å². The zero-order chi connectivity index (χ0) is 16.3. The lowest BCUT2D eigenvalue weighted by Crippen LogP contribution is -2.30. The quantitative estimate of drug-likeness (QED) is 0.840. The summed E-state index contributed by atoms with van der Waals surface area (Å²) in [7, 11) is -3.67. The molecule has 0 bridgehead atoms. The van der Waals surface area contributed by atoms with Gasteiger partial charge in [-0.05, 0) is 24.1 Å². The van der Waals surface area contributed by atoms with Crippen LogP contribution in [0.5, 0.6) is 11.5 Å². The Morgan fingerprint density at radius 1 is 0.958 bits per heavy atom. The van der Waals surface area contributed by atoms with Crippen LogP contribution in [-0.2, 0) is 29.3 Å². The van der Waals surface area contributed by atoms with Crippen LogP contribution in [0, 0.1) is 0 Å². The van der Waals surface area contributed by atoms with Crippen molar-refractivity contribution in [2.75, 3.05) is 24.1 Å². The molecule has 6 heteroatoms. The van der Waals surface area contributed by atoms with E-state index in [2.05, 4.69) is 0 Å². The van der Waals surface area contributed by atoms with Gasteiger partial charge in [-0.1, -0.05) is 18.2 Å². The zero-order valence-corrected chi connectivity index (χ0v) is 13.9. The van der Waals surface area contributed by atoms with Crippen molar-refractivity contribution in [1.29, 1.82) is 0 Å². The number of anilines is 1. The van der Waals surface area contributed by atoms with Crippen molar-refractivity contribution in [3.8, 4) is 11.5 Å². The van der Waals surface area contributed by atoms with E-state index in [-0.39, 0.29) is 0 Å². The minimum absolute atomic E-state index is 0.321. The number of sulfonamides is 1. The van der Waals surface area contributed by atoms with E-state index < -0.39 is 10.0 Å². The third-order valence-corrected chi connectivity index (χ3v) is 6.90. The Kier molecular flexibility index (Phi) is 2.89. The van der Waals surface area contributed by atoms with E-state index in [0.29, 0.717) is 42.6 Å². The van der Waals surface area contributed by atoms with Crippen LogP contribution in [0.1, 0.15) is 16.7 Å². The smallest absolute Gasteiger partial charge is 0.268 e. The predicted octanol–water partition coefficient (Wildman–Crippen LogP) is 2.31. The van der Waals surface area contributed by atoms with E-state index in [0.717, 1.165) is 35.2 Å². The van der Waals surface area contributed by atoms with Crippen LogP contribution in [-0.4, -0.2) is 28.2 Å². The molecule has 0 aliphatic carbocycles. The molecule has 0 amide bonds. The standard InChI is InChI=1S/C18H17NO4S/c20-24(21,19-8-5-12-3-1-2-4-15(12)19)18-14-7-10-22-16(14)11-13-6-9-23-17(13)18/h1-4,11H,5-10H2. The lowest BCUT2D eigenvalue weighted by molar-refractivity contribution is 0.348. The van der Waals surface area contributed by atoms with Crippen molar-refractivity contribution in [1.82, 2.24) is 0 Å². The number of ether oxygens (including phenoxy) is 2. The lowest BCUT2D eigenvalue weighted by Gasteiger charge is -2.22. The minimum atomic E-state index is -3.67. The van der Waals surface area contributed by atoms with Gasteiger partial charge in [-0.25, -0.2) is 8.42 Å². The average Bonchev–Trinajstić information content (AvgIpc) is 3.30. The Labute approximate surface area is 140 Å². The maximum Gasteiger partial charge on any atom is 0.268 e. The Bertz CT molecular complexity index is 919. The minimum Gasteiger partial charge on any atom is -0.493 e. The van der Waals surface area contributed by atoms with E-state index in [1.807, 2.05) is 30.3 Å². The van der Waals surface area contributed by atoms with Crippen LogP contribution in [0.2, 0.25) is 0 Å². The number of nitrogens with zero attached hydrogens (tertiary/aromatic N) is 1. The SMILES string of the molecule is O=S(=O)(c1c2c(cc3c1OCC3)OCC2)N1CCc2ccccc21. The maximum atomic E-state index is 13.5. The molecule has 124 valence electrons. The topological polar surface area (TPSA) is 55.8 Å². The second-order valence-electron chi connectivity index (χ2n) is 6.32. The molecule has 3 heterocycles. The summed E-state index contributed by atoms with van der Waals surface area (Å²) in [6.07, 6.45) is 2.07. The largest absolute Gasteiger partial charge is 0.493 e. The lowest BCUT2D eigenvalue weighted by atomic mass is 10.1. The van der Waals surface area contributed by atoms with E-state index in [1.165, 1.54) is 4.31 Å². The van der Waals surface area contributed by atoms with E-state index >= 15 is 0 Å². The van der Waals surface area contributed by atoms with Gasteiger partial charge in [0, 0.05) is 30.5 Å². The Hall–Kier alpha value is -2.21. The number of fused-ring (bicyclic) bond motifs is 3. The van der Waals surface area contributed by atoms with Crippen molar-refractivity contribution in [3.63, 3.8) is 0 Å². The second kappa shape index (κ2) is 4.89. The second-order valence-corrected chi connectivity index (χ2v) is 8.12. The van der Waals surface area contributed by atoms with Crippen molar-refractivity contribution in [3.05, 3.63) is 47.0 Å². The predicted molar refractivity (Wildman–Crippen MR) is 89.5 cm³/mol. The Morgan fingerprint density at radius 2 is 1.79 bits per heavy atom. The highest BCUT2D eigenvalue weighted by atomic mass is 32.2. The molecule has 0 saturated heterocycles. The molecule has 0 atom stereocenters. The Balaban J connectivity index is 1.73. The highest BCUT2D eigenvalue weighted by Gasteiger charge is 2.39. The van der Waals surface area contributed by atoms with Crippen molar-refractivity contribution >= 4 is 15.7 Å². The molecule has 0 saturated carbocycles. The van der Waals surface area contributed by atoms with Gasteiger partial charge in [0.05, 0.1) is 18.9 Å². The first-order valence-corrected chi connectivity index (χ1v) is 9.65. The molecular formula is C18H17NO4S. The molecule has 0 N–H and O–H groups in total. The first kappa shape index (κ1) is 14.2. The van der Waals surface area contributed by atoms with Crippen LogP contribution in [0.25, 0.3) is 0 Å². The summed E-state index contributed by atoms with van der Waals surface area (Å²) >= 11 is 0. The molecule has 0 fully saturated rings. The van der Waals surface area contributed by atoms with Gasteiger partial charge in [0.15, 0.2) is 0 Å². The first-order chi connectivity index (χ1) is 11.7. The average molecular weight is 343 g/mol. The fourth-order valence-electron chi connectivity index (χ4n) is 3.88. The van der Waals surface area contributed by atoms with Crippen LogP contribution in [0.3, 0.4) is 0 Å². The Morgan fingerprint density at radius 3 is 2.71 bits per heavy atom. The molecule has 24 heavy (non-hydrogen) atoms. The third kappa shape index (κ3) is 1.83. The number of rotatable bonds is 2. The highest BCUT2D eigenvalue weighted by molar-refractivity contribution is 7.93. The maximum absolute atomic E-state index is 13.5. The van der Waals surface area contributed by atoms with Gasteiger partial charge in [-0.3, -0.25) is 4.31 Å². The van der Waals surface area contributed by atoms with Gasteiger partial charge >= 0.3 is 0 Å². The van der Waals surface area contributed by atoms with Crippen molar-refractivity contribution < 1.29 is 17.9 Å². The zero-order valence-electron chi connectivity index (χ0n) is 13.1. The summed E-state index contributed by atoms with van der Waals surface area (Å²) < 4.78 is 39.9. The number of benzene rings is 2. The molecular weight excluding hydrogens is 326 g/mol. The molecule has 0 spiro atoms. The molecule has 2 aromatic carbocycles. The summed E-state index contributed by atoms with van der Waals surface area (Å²) in [5.74, 6) is 1.23. The van der Waals surface area contributed by atoms with Gasteiger partial charge in [0.25, 0.3) is 10.0 Å². The summed E-state index contributed by atoms with van der Waals surface area (Å²) in [5, 5.41) is 0. The normalized spacial score (nSPS) is 17.9. The highest BCUT2D eigenvalue weighted by Crippen LogP contribution is 2.45. The molecule has 5 rings (SSSR count). The molecule has 2 aromatic rings. The summed E-state index contributed by atoms with van der Waals surface area (Å²) in [5.41, 5.74) is 3.55. The monoisotopic (exact) mass is 343 g/mol. The van der Waals surface area contributed by atoms with E-state index in [4.69, 9.17) is 9.47 Å². The summed E-state index contributed by atoms with van der Waals surface area (Å²) in [6, 6.07) is 9.64. The summed E-state index contributed by atoms with van der Waals surface area (Å²) in [6.45, 7) is 1.52. The molecule has 3 aliphatic heterocycles. The van der Waals surface area contributed by atoms with Crippen LogP contribution in [0.15, 0.2) is 35.2 Å². The van der Waals surface area contributed by atoms with Crippen LogP contribution >= 0.6 is 0 Å². The van der Waals surface area contributed by atoms with E-state index in [9.17, 15) is 8.42 Å². The van der Waals surface area contributed by atoms with Crippen LogP contribution < -0.4 is 13.8 Å². The fourth-order valence-corrected chi connectivity index (χ4v) is 5.81. The van der Waals surface area contributed by atoms with Gasteiger partial charge < -0.3 is 9.47 Å². The molecule has 3 aliphatic rings. The van der Waals surface area contributed by atoms with Gasteiger partial charge in [0.2, 0.25) is 0 Å². The summed E-state index contributed by atoms with van der Waals surface area (Å²) in [4.78, 5) is 0.321. The molecule has 5 nitrogen and oxygen atoms in total. The molecule has 0 aromatic heterocycles.